The molecule has 0 amide bonds. The smallest absolute Gasteiger partial charge is 0.224 e. The second kappa shape index (κ2) is 7.81. The predicted molar refractivity (Wildman–Crippen MR) is 108 cm³/mol. The molecule has 8 nitrogen and oxygen atoms in total. The lowest BCUT2D eigenvalue weighted by molar-refractivity contribution is 0.124. The van der Waals surface area contributed by atoms with Gasteiger partial charge in [-0.1, -0.05) is 11.6 Å². The van der Waals surface area contributed by atoms with E-state index in [1.165, 1.54) is 6.07 Å². The predicted octanol–water partition coefficient (Wildman–Crippen LogP) is 3.49. The summed E-state index contributed by atoms with van der Waals surface area (Å²) in [5.41, 5.74) is 1.27. The first-order valence-electron chi connectivity index (χ1n) is 9.25. The third-order valence-electron chi connectivity index (χ3n) is 5.00. The van der Waals surface area contributed by atoms with Crippen molar-refractivity contribution in [2.24, 2.45) is 7.05 Å². The molecule has 0 bridgehead atoms. The zero-order valence-corrected chi connectivity index (χ0v) is 16.4. The molecule has 10 heteroatoms. The van der Waals surface area contributed by atoms with Gasteiger partial charge in [-0.2, -0.15) is 10.2 Å². The van der Waals surface area contributed by atoms with E-state index in [1.807, 2.05) is 6.07 Å². The number of aliphatic hydroxyl groups excluding tert-OH is 1. The summed E-state index contributed by atoms with van der Waals surface area (Å²) in [5.74, 6) is 0.143. The Morgan fingerprint density at radius 3 is 2.90 bits per heavy atom. The summed E-state index contributed by atoms with van der Waals surface area (Å²) in [6.45, 7) is 0. The van der Waals surface area contributed by atoms with Crippen molar-refractivity contribution >= 4 is 40.3 Å². The average molecular weight is 416 g/mol. The van der Waals surface area contributed by atoms with Crippen LogP contribution in [-0.4, -0.2) is 36.8 Å². The van der Waals surface area contributed by atoms with Gasteiger partial charge in [-0.05, 0) is 37.8 Å². The van der Waals surface area contributed by atoms with Gasteiger partial charge >= 0.3 is 0 Å². The van der Waals surface area contributed by atoms with Crippen LogP contribution >= 0.6 is 11.6 Å². The Hall–Kier alpha value is -2.96. The Morgan fingerprint density at radius 1 is 1.34 bits per heavy atom. The molecule has 0 aliphatic heterocycles. The molecule has 2 atom stereocenters. The number of anilines is 3. The molecule has 150 valence electrons. The highest BCUT2D eigenvalue weighted by atomic mass is 35.5. The largest absolute Gasteiger partial charge is 0.393 e. The van der Waals surface area contributed by atoms with E-state index < -0.39 is 5.82 Å². The van der Waals surface area contributed by atoms with Gasteiger partial charge < -0.3 is 15.7 Å². The molecule has 2 heterocycles. The third kappa shape index (κ3) is 3.95. The number of hydrogen-bond donors (Lipinski definition) is 3. The molecule has 0 saturated heterocycles. The number of imidazole rings is 1. The second-order valence-electron chi connectivity index (χ2n) is 7.11. The van der Waals surface area contributed by atoms with Gasteiger partial charge in [0.25, 0.3) is 0 Å². The highest BCUT2D eigenvalue weighted by Gasteiger charge is 2.21. The summed E-state index contributed by atoms with van der Waals surface area (Å²) < 4.78 is 16.0. The quantitative estimate of drug-likeness (QED) is 0.598. The summed E-state index contributed by atoms with van der Waals surface area (Å²) >= 11 is 6.11. The maximum absolute atomic E-state index is 14.3. The van der Waals surface area contributed by atoms with Crippen LogP contribution in [0.3, 0.4) is 0 Å². The van der Waals surface area contributed by atoms with Crippen LogP contribution < -0.4 is 10.6 Å². The number of hydrogen-bond acceptors (Lipinski definition) is 7. The molecule has 1 aliphatic carbocycles. The Balaban J connectivity index is 1.61. The Labute approximate surface area is 171 Å². The van der Waals surface area contributed by atoms with Gasteiger partial charge in [-0.25, -0.2) is 14.4 Å². The van der Waals surface area contributed by atoms with Crippen LogP contribution in [0, 0.1) is 17.1 Å². The summed E-state index contributed by atoms with van der Waals surface area (Å²) in [5, 5.41) is 25.0. The number of aromatic nitrogens is 4. The van der Waals surface area contributed by atoms with Gasteiger partial charge in [-0.15, -0.1) is 0 Å². The molecule has 1 unspecified atom stereocenters. The third-order valence-corrected chi connectivity index (χ3v) is 5.30. The van der Waals surface area contributed by atoms with Crippen LogP contribution in [0.2, 0.25) is 5.02 Å². The minimum absolute atomic E-state index is 0.0339. The molecule has 1 fully saturated rings. The number of nitrogens with one attached hydrogen (secondary N) is 2. The van der Waals surface area contributed by atoms with Crippen molar-refractivity contribution in [1.29, 1.82) is 5.26 Å². The van der Waals surface area contributed by atoms with Gasteiger partial charge in [0, 0.05) is 13.1 Å². The standard InChI is InChI=1S/C19H19ClFN7O/c1-28-17-15(9-23-18(27-17)24-11-3-2-4-12(29)7-11)25-19(28)26-16-13(20)5-10(8-22)6-14(16)21/h5-6,9,11-12,29H,2-4,7H2,1H3,(H,25,26)(H,23,24,27)/t11-,12?/m1/s1. The van der Waals surface area contributed by atoms with E-state index >= 15 is 0 Å². The minimum Gasteiger partial charge on any atom is -0.393 e. The highest BCUT2D eigenvalue weighted by Crippen LogP contribution is 2.30. The summed E-state index contributed by atoms with van der Waals surface area (Å²) in [6.07, 6.45) is 4.68. The molecule has 2 aromatic heterocycles. The maximum atomic E-state index is 14.3. The first kappa shape index (κ1) is 19.4. The van der Waals surface area contributed by atoms with Crippen molar-refractivity contribution in [3.05, 3.63) is 34.7 Å². The number of halogens is 2. The molecule has 3 aromatic rings. The molecular formula is C19H19ClFN7O. The Morgan fingerprint density at radius 2 is 2.17 bits per heavy atom. The lowest BCUT2D eigenvalue weighted by Gasteiger charge is -2.26. The van der Waals surface area contributed by atoms with Gasteiger partial charge in [-0.3, -0.25) is 4.57 Å². The zero-order valence-electron chi connectivity index (χ0n) is 15.7. The fraction of sp³-hybridized carbons (Fsp3) is 0.368. The summed E-state index contributed by atoms with van der Waals surface area (Å²) in [7, 11) is 1.74. The van der Waals surface area contributed by atoms with Crippen LogP contribution in [-0.2, 0) is 7.05 Å². The molecule has 1 saturated carbocycles. The number of fused-ring (bicyclic) bond motifs is 1. The summed E-state index contributed by atoms with van der Waals surface area (Å²) in [4.78, 5) is 13.2. The SMILES string of the molecule is Cn1c(Nc2c(F)cc(C#N)cc2Cl)nc2cnc(N[C@@H]3CCCC(O)C3)nc21. The maximum Gasteiger partial charge on any atom is 0.224 e. The van der Waals surface area contributed by atoms with E-state index in [2.05, 4.69) is 25.6 Å². The average Bonchev–Trinajstić information content (AvgIpc) is 3.00. The fourth-order valence-corrected chi connectivity index (χ4v) is 3.76. The van der Waals surface area contributed by atoms with E-state index in [-0.39, 0.29) is 28.4 Å². The van der Waals surface area contributed by atoms with Gasteiger partial charge in [0.15, 0.2) is 5.65 Å². The first-order chi connectivity index (χ1) is 13.9. The van der Waals surface area contributed by atoms with Crippen molar-refractivity contribution in [2.45, 2.75) is 37.8 Å². The van der Waals surface area contributed by atoms with Crippen LogP contribution in [0.1, 0.15) is 31.2 Å². The Bertz CT molecular complexity index is 1090. The van der Waals surface area contributed by atoms with E-state index in [9.17, 15) is 9.50 Å². The van der Waals surface area contributed by atoms with E-state index in [0.29, 0.717) is 29.5 Å². The van der Waals surface area contributed by atoms with E-state index in [1.54, 1.807) is 17.8 Å². The molecule has 29 heavy (non-hydrogen) atoms. The summed E-state index contributed by atoms with van der Waals surface area (Å²) in [6, 6.07) is 4.47. The molecule has 0 spiro atoms. The van der Waals surface area contributed by atoms with Crippen molar-refractivity contribution < 1.29 is 9.50 Å². The number of nitrogens with zero attached hydrogens (tertiary/aromatic N) is 5. The molecule has 1 aliphatic rings. The number of benzene rings is 1. The van der Waals surface area contributed by atoms with E-state index in [4.69, 9.17) is 16.9 Å². The number of aliphatic hydroxyl groups is 1. The van der Waals surface area contributed by atoms with Gasteiger partial charge in [0.05, 0.1) is 34.6 Å². The normalized spacial score (nSPS) is 19.1. The lowest BCUT2D eigenvalue weighted by Crippen LogP contribution is -2.30. The molecule has 0 radical (unpaired) electrons. The fourth-order valence-electron chi connectivity index (χ4n) is 3.51. The van der Waals surface area contributed by atoms with Crippen LogP contribution in [0.4, 0.5) is 22.0 Å². The van der Waals surface area contributed by atoms with Crippen molar-refractivity contribution in [3.8, 4) is 6.07 Å². The molecular weight excluding hydrogens is 397 g/mol. The second-order valence-corrected chi connectivity index (χ2v) is 7.52. The molecule has 4 rings (SSSR count). The monoisotopic (exact) mass is 415 g/mol. The van der Waals surface area contributed by atoms with Crippen LogP contribution in [0.15, 0.2) is 18.3 Å². The van der Waals surface area contributed by atoms with Gasteiger partial charge in [0.2, 0.25) is 11.9 Å². The topological polar surface area (TPSA) is 112 Å². The zero-order chi connectivity index (χ0) is 20.5. The van der Waals surface area contributed by atoms with Crippen molar-refractivity contribution in [2.75, 3.05) is 10.6 Å². The van der Waals surface area contributed by atoms with E-state index in [0.717, 1.165) is 25.3 Å². The number of rotatable bonds is 4. The van der Waals surface area contributed by atoms with Crippen LogP contribution in [0.5, 0.6) is 0 Å². The van der Waals surface area contributed by atoms with Crippen molar-refractivity contribution in [1.82, 2.24) is 19.5 Å². The van der Waals surface area contributed by atoms with Crippen molar-refractivity contribution in [3.63, 3.8) is 0 Å². The number of nitriles is 1. The van der Waals surface area contributed by atoms with Crippen LogP contribution in [0.25, 0.3) is 11.2 Å². The minimum atomic E-state index is -0.648. The first-order valence-corrected chi connectivity index (χ1v) is 9.62. The number of aryl methyl sites for hydroxylation is 1. The molecule has 3 N–H and O–H groups in total. The Kier molecular flexibility index (Phi) is 5.22. The molecule has 1 aromatic carbocycles. The van der Waals surface area contributed by atoms with Gasteiger partial charge in [0.1, 0.15) is 11.3 Å². The lowest BCUT2D eigenvalue weighted by atomic mass is 9.93. The highest BCUT2D eigenvalue weighted by molar-refractivity contribution is 6.33.